The molecule has 0 unspecified atom stereocenters. The first-order valence-electron chi connectivity index (χ1n) is 7.15. The van der Waals surface area contributed by atoms with Crippen LogP contribution in [-0.4, -0.2) is 28.8 Å². The van der Waals surface area contributed by atoms with Crippen molar-refractivity contribution in [2.45, 2.75) is 6.92 Å². The largest absolute Gasteiger partial charge is 0.504 e. The van der Waals surface area contributed by atoms with Gasteiger partial charge in [0.2, 0.25) is 0 Å². The van der Waals surface area contributed by atoms with Gasteiger partial charge in [-0.05, 0) is 31.2 Å². The number of carbonyl (C=O) groups excluding carboxylic acids is 1. The van der Waals surface area contributed by atoms with Crippen molar-refractivity contribution in [2.75, 3.05) is 6.61 Å². The number of carbonyl (C=O) groups is 1. The number of ether oxygens (including phenoxy) is 1. The summed E-state index contributed by atoms with van der Waals surface area (Å²) in [5, 5.41) is 24.8. The number of nitrogens with one attached hydrogen (secondary N) is 1. The summed E-state index contributed by atoms with van der Waals surface area (Å²) < 4.78 is 6.00. The maximum absolute atomic E-state index is 11.9. The molecule has 0 atom stereocenters. The first-order chi connectivity index (χ1) is 11.9. The van der Waals surface area contributed by atoms with Crippen LogP contribution in [-0.2, 0) is 0 Å². The van der Waals surface area contributed by atoms with Crippen LogP contribution >= 0.6 is 15.9 Å². The van der Waals surface area contributed by atoms with Gasteiger partial charge >= 0.3 is 0 Å². The molecule has 2 aromatic rings. The van der Waals surface area contributed by atoms with E-state index in [-0.39, 0.29) is 29.4 Å². The minimum Gasteiger partial charge on any atom is -0.504 e. The highest BCUT2D eigenvalue weighted by molar-refractivity contribution is 9.10. The van der Waals surface area contributed by atoms with E-state index < -0.39 is 10.8 Å². The average molecular weight is 408 g/mol. The molecule has 2 aromatic carbocycles. The standard InChI is InChI=1S/C16H14BrN3O5/c1-2-25-14-8-13(20(23)24)7-11(15(14)21)9-18-19-16(22)10-3-5-12(17)6-4-10/h3-9,21H,2H2,1H3,(H,19,22)/b18-9+. The predicted octanol–water partition coefficient (Wildman–Crippen LogP) is 3.23. The van der Waals surface area contributed by atoms with Gasteiger partial charge in [0.25, 0.3) is 11.6 Å². The van der Waals surface area contributed by atoms with E-state index in [1.807, 2.05) is 0 Å². The number of non-ortho nitro benzene ring substituents is 1. The fraction of sp³-hybridized carbons (Fsp3) is 0.125. The molecule has 0 aliphatic heterocycles. The van der Waals surface area contributed by atoms with Crippen LogP contribution in [0.15, 0.2) is 46.0 Å². The molecule has 2 N–H and O–H groups in total. The molecule has 0 saturated carbocycles. The van der Waals surface area contributed by atoms with Crippen LogP contribution in [0, 0.1) is 10.1 Å². The minimum atomic E-state index is -0.611. The van der Waals surface area contributed by atoms with E-state index in [0.29, 0.717) is 5.56 Å². The Labute approximate surface area is 151 Å². The summed E-state index contributed by atoms with van der Waals surface area (Å²) in [6, 6.07) is 8.88. The fourth-order valence-corrected chi connectivity index (χ4v) is 2.17. The number of hydrogen-bond acceptors (Lipinski definition) is 6. The van der Waals surface area contributed by atoms with Crippen molar-refractivity contribution >= 4 is 33.7 Å². The summed E-state index contributed by atoms with van der Waals surface area (Å²) in [5.41, 5.74) is 2.46. The van der Waals surface area contributed by atoms with Crippen molar-refractivity contribution in [3.8, 4) is 11.5 Å². The number of rotatable bonds is 6. The molecule has 1 amide bonds. The lowest BCUT2D eigenvalue weighted by atomic mass is 10.1. The van der Waals surface area contributed by atoms with E-state index in [0.717, 1.165) is 22.8 Å². The van der Waals surface area contributed by atoms with Crippen molar-refractivity contribution in [3.05, 3.63) is 62.1 Å². The number of aromatic hydroxyl groups is 1. The van der Waals surface area contributed by atoms with E-state index in [4.69, 9.17) is 4.74 Å². The summed E-state index contributed by atoms with van der Waals surface area (Å²) in [6.45, 7) is 1.91. The topological polar surface area (TPSA) is 114 Å². The van der Waals surface area contributed by atoms with Gasteiger partial charge in [0.1, 0.15) is 0 Å². The molecule has 0 aliphatic rings. The monoisotopic (exact) mass is 407 g/mol. The zero-order valence-corrected chi connectivity index (χ0v) is 14.7. The van der Waals surface area contributed by atoms with Crippen LogP contribution in [0.2, 0.25) is 0 Å². The van der Waals surface area contributed by atoms with Crippen LogP contribution in [0.5, 0.6) is 11.5 Å². The molecule has 9 heteroatoms. The van der Waals surface area contributed by atoms with Crippen molar-refractivity contribution in [1.29, 1.82) is 0 Å². The van der Waals surface area contributed by atoms with Crippen molar-refractivity contribution in [3.63, 3.8) is 0 Å². The number of nitro benzene ring substituents is 1. The second-order valence-corrected chi connectivity index (χ2v) is 5.69. The Kier molecular flexibility index (Phi) is 6.07. The Balaban J connectivity index is 2.20. The van der Waals surface area contributed by atoms with Crippen molar-refractivity contribution < 1.29 is 19.6 Å². The van der Waals surface area contributed by atoms with Crippen molar-refractivity contribution in [2.24, 2.45) is 5.10 Å². The highest BCUT2D eigenvalue weighted by atomic mass is 79.9. The highest BCUT2D eigenvalue weighted by Gasteiger charge is 2.16. The van der Waals surface area contributed by atoms with Crippen molar-refractivity contribution in [1.82, 2.24) is 5.43 Å². The smallest absolute Gasteiger partial charge is 0.274 e. The third-order valence-corrected chi connectivity index (χ3v) is 3.60. The van der Waals surface area contributed by atoms with Gasteiger partial charge in [0.15, 0.2) is 11.5 Å². The van der Waals surface area contributed by atoms with Gasteiger partial charge in [-0.15, -0.1) is 0 Å². The lowest BCUT2D eigenvalue weighted by molar-refractivity contribution is -0.385. The molecule has 130 valence electrons. The minimum absolute atomic E-state index is 0.0302. The van der Waals surface area contributed by atoms with Gasteiger partial charge in [-0.3, -0.25) is 14.9 Å². The molecule has 0 heterocycles. The van der Waals surface area contributed by atoms with E-state index in [1.54, 1.807) is 31.2 Å². The molecule has 2 rings (SSSR count). The Morgan fingerprint density at radius 1 is 1.40 bits per heavy atom. The van der Waals surface area contributed by atoms with Gasteiger partial charge in [-0.25, -0.2) is 5.43 Å². The van der Waals surface area contributed by atoms with E-state index in [1.165, 1.54) is 0 Å². The number of nitrogens with zero attached hydrogens (tertiary/aromatic N) is 2. The first-order valence-corrected chi connectivity index (χ1v) is 7.94. The SMILES string of the molecule is CCOc1cc([N+](=O)[O-])cc(/C=N/NC(=O)c2ccc(Br)cc2)c1O. The number of phenols is 1. The summed E-state index contributed by atoms with van der Waals surface area (Å²) in [4.78, 5) is 22.3. The molecule has 0 fully saturated rings. The number of nitro groups is 1. The second kappa shape index (κ2) is 8.25. The van der Waals surface area contributed by atoms with Gasteiger partial charge in [0, 0.05) is 21.7 Å². The maximum Gasteiger partial charge on any atom is 0.274 e. The van der Waals surface area contributed by atoms with Crippen LogP contribution < -0.4 is 10.2 Å². The molecule has 0 aromatic heterocycles. The molecular formula is C16H14BrN3O5. The number of phenolic OH excluding ortho intramolecular Hbond substituents is 1. The zero-order valence-electron chi connectivity index (χ0n) is 13.1. The summed E-state index contributed by atoms with van der Waals surface area (Å²) in [6.07, 6.45) is 1.11. The zero-order chi connectivity index (χ0) is 18.4. The average Bonchev–Trinajstić information content (AvgIpc) is 2.58. The Morgan fingerprint density at radius 2 is 2.08 bits per heavy atom. The molecule has 0 saturated heterocycles. The van der Waals surface area contributed by atoms with Crippen LogP contribution in [0.25, 0.3) is 0 Å². The number of benzene rings is 2. The van der Waals surface area contributed by atoms with E-state index in [9.17, 15) is 20.0 Å². The molecule has 0 bridgehead atoms. The second-order valence-electron chi connectivity index (χ2n) is 4.78. The maximum atomic E-state index is 11.9. The predicted molar refractivity (Wildman–Crippen MR) is 95.1 cm³/mol. The quantitative estimate of drug-likeness (QED) is 0.433. The first kappa shape index (κ1) is 18.4. The summed E-state index contributed by atoms with van der Waals surface area (Å²) in [7, 11) is 0. The highest BCUT2D eigenvalue weighted by Crippen LogP contribution is 2.33. The Morgan fingerprint density at radius 3 is 2.68 bits per heavy atom. The Bertz CT molecular complexity index is 821. The fourth-order valence-electron chi connectivity index (χ4n) is 1.91. The number of amides is 1. The van der Waals surface area contributed by atoms with Gasteiger partial charge in [0.05, 0.1) is 23.8 Å². The lowest BCUT2D eigenvalue weighted by Crippen LogP contribution is -2.17. The van der Waals surface area contributed by atoms with Gasteiger partial charge < -0.3 is 9.84 Å². The van der Waals surface area contributed by atoms with E-state index >= 15 is 0 Å². The molecule has 0 spiro atoms. The molecule has 25 heavy (non-hydrogen) atoms. The lowest BCUT2D eigenvalue weighted by Gasteiger charge is -2.08. The summed E-state index contributed by atoms with van der Waals surface area (Å²) in [5.74, 6) is -0.787. The molecule has 8 nitrogen and oxygen atoms in total. The molecule has 0 aliphatic carbocycles. The third-order valence-electron chi connectivity index (χ3n) is 3.08. The molecular weight excluding hydrogens is 394 g/mol. The Hall–Kier alpha value is -2.94. The number of hydrogen-bond donors (Lipinski definition) is 2. The normalized spacial score (nSPS) is 10.6. The van der Waals surface area contributed by atoms with Crippen LogP contribution in [0.3, 0.4) is 0 Å². The molecule has 0 radical (unpaired) electrons. The summed E-state index contributed by atoms with van der Waals surface area (Å²) >= 11 is 3.27. The number of hydrazone groups is 1. The number of halogens is 1. The van der Waals surface area contributed by atoms with Gasteiger partial charge in [-0.2, -0.15) is 5.10 Å². The van der Waals surface area contributed by atoms with Crippen LogP contribution in [0.1, 0.15) is 22.8 Å². The third kappa shape index (κ3) is 4.77. The van der Waals surface area contributed by atoms with Crippen LogP contribution in [0.4, 0.5) is 5.69 Å². The van der Waals surface area contributed by atoms with E-state index in [2.05, 4.69) is 26.5 Å². The van der Waals surface area contributed by atoms with Gasteiger partial charge in [-0.1, -0.05) is 15.9 Å².